The van der Waals surface area contributed by atoms with Gasteiger partial charge in [0.05, 0.1) is 13.2 Å². The van der Waals surface area contributed by atoms with Gasteiger partial charge in [-0.05, 0) is 12.8 Å². The predicted molar refractivity (Wildman–Crippen MR) is 119 cm³/mol. The fourth-order valence-corrected chi connectivity index (χ4v) is 4.18. The number of unbranched alkanes of at least 4 members (excludes halogenated alkanes) is 18. The van der Waals surface area contributed by atoms with E-state index in [-0.39, 0.29) is 72.3 Å². The average Bonchev–Trinajstić information content (AvgIpc) is 2.67. The van der Waals surface area contributed by atoms with Crippen LogP contribution in [0.15, 0.2) is 0 Å². The molecule has 0 aromatic heterocycles. The Hall–Kier alpha value is 1.74. The molecule has 0 saturated heterocycles. The summed E-state index contributed by atoms with van der Waals surface area (Å²) in [6.45, 7) is 0.00378. The summed E-state index contributed by atoms with van der Waals surface area (Å²) in [7, 11) is -9.06. The first-order valence-corrected chi connectivity index (χ1v) is 14.6. The van der Waals surface area contributed by atoms with Crippen LogP contribution in [0.4, 0.5) is 0 Å². The minimum absolute atomic E-state index is 0. The van der Waals surface area contributed by atoms with Gasteiger partial charge in [-0.2, -0.15) is 0 Å². The van der Waals surface area contributed by atoms with Crippen LogP contribution in [0.1, 0.15) is 122 Å². The van der Waals surface area contributed by atoms with Gasteiger partial charge in [0.2, 0.25) is 20.8 Å². The van der Waals surface area contributed by atoms with Gasteiger partial charge in [0.1, 0.15) is 0 Å². The Kier molecular flexibility index (Phi) is 31.9. The van der Waals surface area contributed by atoms with Crippen molar-refractivity contribution in [1.29, 1.82) is 0 Å². The summed E-state index contributed by atoms with van der Waals surface area (Å²) in [5, 5.41) is 0. The normalized spacial score (nSPS) is 11.7. The van der Waals surface area contributed by atoms with Gasteiger partial charge < -0.3 is 9.11 Å². The van der Waals surface area contributed by atoms with Crippen LogP contribution in [-0.4, -0.2) is 39.2 Å². The van der Waals surface area contributed by atoms with E-state index in [2.05, 4.69) is 8.37 Å². The molecule has 0 atom stereocenters. The molecule has 8 nitrogen and oxygen atoms in total. The molecular weight excluding hydrogens is 490 g/mol. The minimum Gasteiger partial charge on any atom is -0.726 e. The van der Waals surface area contributed by atoms with Crippen molar-refractivity contribution in [2.75, 3.05) is 13.2 Å². The Bertz CT molecular complexity index is 549. The van der Waals surface area contributed by atoms with Crippen LogP contribution in [-0.2, 0) is 29.2 Å². The molecule has 0 bridgehead atoms. The van der Waals surface area contributed by atoms with Gasteiger partial charge in [-0.3, -0.25) is 8.37 Å². The van der Waals surface area contributed by atoms with Crippen LogP contribution in [0.2, 0.25) is 0 Å². The smallest absolute Gasteiger partial charge is 0.726 e. The number of hydrogen-bond donors (Lipinski definition) is 0. The van der Waals surface area contributed by atoms with E-state index < -0.39 is 20.8 Å². The molecular formula is C21H42Na2O8S2. The zero-order chi connectivity index (χ0) is 23.3. The van der Waals surface area contributed by atoms with Gasteiger partial charge in [0.25, 0.3) is 0 Å². The standard InChI is InChI=1S/C21H44O8S2.2Na/c22-30(23,24)28-20-18-16-14-12-10-8-6-4-2-1-3-5-7-9-11-13-15-17-19-21-29-31(25,26)27;;/h1-21H2,(H,22,23,24)(H,25,26,27);;/q;2*+1/p-2. The van der Waals surface area contributed by atoms with Crippen molar-refractivity contribution in [1.82, 2.24) is 0 Å². The van der Waals surface area contributed by atoms with Crippen LogP contribution >= 0.6 is 0 Å². The molecule has 0 heterocycles. The summed E-state index contributed by atoms with van der Waals surface area (Å²) in [6, 6.07) is 0. The van der Waals surface area contributed by atoms with Crippen LogP contribution in [0, 0.1) is 0 Å². The van der Waals surface area contributed by atoms with Crippen molar-refractivity contribution < 1.29 is 93.4 Å². The van der Waals surface area contributed by atoms with Crippen molar-refractivity contribution in [2.45, 2.75) is 122 Å². The molecule has 0 amide bonds. The first-order chi connectivity index (χ1) is 14.7. The van der Waals surface area contributed by atoms with Crippen molar-refractivity contribution in [3.8, 4) is 0 Å². The van der Waals surface area contributed by atoms with E-state index in [4.69, 9.17) is 0 Å². The van der Waals surface area contributed by atoms with Crippen molar-refractivity contribution in [2.24, 2.45) is 0 Å². The van der Waals surface area contributed by atoms with Crippen molar-refractivity contribution >= 4 is 20.8 Å². The Labute approximate surface area is 247 Å². The topological polar surface area (TPSA) is 133 Å². The van der Waals surface area contributed by atoms with Gasteiger partial charge in [-0.1, -0.05) is 109 Å². The maximum absolute atomic E-state index is 10.3. The molecule has 0 saturated carbocycles. The van der Waals surface area contributed by atoms with Crippen LogP contribution < -0.4 is 59.1 Å². The molecule has 0 N–H and O–H groups in total. The fraction of sp³-hybridized carbons (Fsp3) is 1.00. The second-order valence-corrected chi connectivity index (χ2v) is 10.3. The van der Waals surface area contributed by atoms with Crippen LogP contribution in [0.25, 0.3) is 0 Å². The molecule has 0 aliphatic carbocycles. The second-order valence-electron chi connectivity index (χ2n) is 8.18. The van der Waals surface area contributed by atoms with Crippen molar-refractivity contribution in [3.63, 3.8) is 0 Å². The first-order valence-electron chi connectivity index (χ1n) is 11.9. The van der Waals surface area contributed by atoms with Crippen LogP contribution in [0.3, 0.4) is 0 Å². The summed E-state index contributed by atoms with van der Waals surface area (Å²) in [5.41, 5.74) is 0. The summed E-state index contributed by atoms with van der Waals surface area (Å²) in [5.74, 6) is 0. The van der Waals surface area contributed by atoms with E-state index in [9.17, 15) is 25.9 Å². The summed E-state index contributed by atoms with van der Waals surface area (Å²) < 4.78 is 69.9. The Morgan fingerprint density at radius 1 is 0.364 bits per heavy atom. The first kappa shape index (κ1) is 39.3. The summed E-state index contributed by atoms with van der Waals surface area (Å²) in [6.07, 6.45) is 21.5. The maximum Gasteiger partial charge on any atom is 1.00 e. The fourth-order valence-electron chi connectivity index (χ4n) is 3.53. The largest absolute Gasteiger partial charge is 1.00 e. The van der Waals surface area contributed by atoms with Gasteiger partial charge in [-0.15, -0.1) is 0 Å². The van der Waals surface area contributed by atoms with E-state index in [1.165, 1.54) is 70.6 Å². The van der Waals surface area contributed by atoms with Gasteiger partial charge in [0, 0.05) is 0 Å². The molecule has 0 unspecified atom stereocenters. The molecule has 0 radical (unpaired) electrons. The molecule has 0 aromatic rings. The third-order valence-electron chi connectivity index (χ3n) is 5.24. The third kappa shape index (κ3) is 38.4. The molecule has 0 aromatic carbocycles. The van der Waals surface area contributed by atoms with E-state index in [0.717, 1.165) is 38.5 Å². The Morgan fingerprint density at radius 2 is 0.515 bits per heavy atom. The molecule has 0 rings (SSSR count). The maximum atomic E-state index is 10.3. The molecule has 0 aliphatic heterocycles. The molecule has 0 aliphatic rings. The molecule has 188 valence electrons. The van der Waals surface area contributed by atoms with E-state index in [0.29, 0.717) is 12.8 Å². The Morgan fingerprint density at radius 3 is 0.667 bits per heavy atom. The van der Waals surface area contributed by atoms with Gasteiger partial charge >= 0.3 is 59.1 Å². The summed E-state index contributed by atoms with van der Waals surface area (Å²) >= 11 is 0. The van der Waals surface area contributed by atoms with Crippen molar-refractivity contribution in [3.05, 3.63) is 0 Å². The van der Waals surface area contributed by atoms with Crippen LogP contribution in [0.5, 0.6) is 0 Å². The zero-order valence-electron chi connectivity index (χ0n) is 20.9. The average molecular weight is 533 g/mol. The van der Waals surface area contributed by atoms with E-state index in [1.54, 1.807) is 0 Å². The minimum atomic E-state index is -4.53. The van der Waals surface area contributed by atoms with E-state index >= 15 is 0 Å². The molecule has 12 heteroatoms. The number of hydrogen-bond acceptors (Lipinski definition) is 8. The number of rotatable bonds is 24. The van der Waals surface area contributed by atoms with E-state index in [1.807, 2.05) is 0 Å². The van der Waals surface area contributed by atoms with Gasteiger partial charge in [0.15, 0.2) is 0 Å². The SMILES string of the molecule is O=S(=O)([O-])OCCCCCCCCCCCCCCCCCCCCCOS(=O)(=O)[O-].[Na+].[Na+]. The monoisotopic (exact) mass is 532 g/mol. The Balaban J connectivity index is -0.00000450. The predicted octanol–water partition coefficient (Wildman–Crippen LogP) is -0.640. The third-order valence-corrected chi connectivity index (χ3v) is 6.15. The second kappa shape index (κ2) is 26.8. The molecule has 33 heavy (non-hydrogen) atoms. The molecule has 0 fully saturated rings. The summed E-state index contributed by atoms with van der Waals surface area (Å²) in [4.78, 5) is 0. The quantitative estimate of drug-likeness (QED) is 0.0694. The molecule has 0 spiro atoms. The zero-order valence-corrected chi connectivity index (χ0v) is 26.6. The van der Waals surface area contributed by atoms with Gasteiger partial charge in [-0.25, -0.2) is 16.8 Å².